The Hall–Kier alpha value is -3.53. The normalized spacial score (nSPS) is 10.8. The molecule has 0 atom stereocenters. The summed E-state index contributed by atoms with van der Waals surface area (Å²) in [6, 6.07) is 16.2. The van der Waals surface area contributed by atoms with E-state index in [1.807, 2.05) is 0 Å². The first-order chi connectivity index (χ1) is 16.7. The van der Waals surface area contributed by atoms with E-state index in [-0.39, 0.29) is 27.6 Å². The Bertz CT molecular complexity index is 1340. The Morgan fingerprint density at radius 1 is 0.971 bits per heavy atom. The number of hydrazine groups is 1. The van der Waals surface area contributed by atoms with E-state index in [9.17, 15) is 18.0 Å². The molecular formula is C24H21Cl2N3O5S. The van der Waals surface area contributed by atoms with Crippen molar-refractivity contribution < 1.29 is 22.7 Å². The molecule has 182 valence electrons. The highest BCUT2D eigenvalue weighted by molar-refractivity contribution is 7.92. The average molecular weight is 534 g/mol. The molecule has 0 fully saturated rings. The van der Waals surface area contributed by atoms with Crippen molar-refractivity contribution in [2.45, 2.75) is 4.90 Å². The summed E-state index contributed by atoms with van der Waals surface area (Å²) in [5.74, 6) is -0.823. The molecule has 0 aliphatic rings. The third kappa shape index (κ3) is 6.13. The quantitative estimate of drug-likeness (QED) is 0.328. The van der Waals surface area contributed by atoms with E-state index in [4.69, 9.17) is 27.9 Å². The largest absolute Gasteiger partial charge is 0.497 e. The smallest absolute Gasteiger partial charge is 0.271 e. The van der Waals surface area contributed by atoms with Crippen molar-refractivity contribution in [3.8, 4) is 5.75 Å². The van der Waals surface area contributed by atoms with E-state index >= 15 is 0 Å². The van der Waals surface area contributed by atoms with Gasteiger partial charge >= 0.3 is 0 Å². The monoisotopic (exact) mass is 533 g/mol. The van der Waals surface area contributed by atoms with Gasteiger partial charge < -0.3 is 4.74 Å². The number of ether oxygens (including phenoxy) is 1. The number of nitrogens with zero attached hydrogens (tertiary/aromatic N) is 1. The molecule has 0 radical (unpaired) electrons. The maximum Gasteiger partial charge on any atom is 0.271 e. The van der Waals surface area contributed by atoms with E-state index < -0.39 is 21.8 Å². The number of benzene rings is 3. The number of sulfonamides is 1. The van der Waals surface area contributed by atoms with Crippen LogP contribution in [0.1, 0.15) is 20.7 Å². The molecule has 11 heteroatoms. The summed E-state index contributed by atoms with van der Waals surface area (Å²) in [4.78, 5) is 24.8. The fourth-order valence-electron chi connectivity index (χ4n) is 3.03. The lowest BCUT2D eigenvalue weighted by molar-refractivity contribution is 0.0846. The molecule has 0 heterocycles. The lowest BCUT2D eigenvalue weighted by Gasteiger charge is -2.23. The maximum atomic E-state index is 13.4. The molecule has 0 saturated carbocycles. The summed E-state index contributed by atoms with van der Waals surface area (Å²) in [5.41, 5.74) is 4.99. The van der Waals surface area contributed by atoms with Crippen molar-refractivity contribution in [3.05, 3.63) is 101 Å². The van der Waals surface area contributed by atoms with Crippen LogP contribution in [0.3, 0.4) is 0 Å². The van der Waals surface area contributed by atoms with Crippen LogP contribution in [-0.2, 0) is 10.0 Å². The SMILES string of the molecule is C=CCN(c1ccc(OC)cc1)S(=O)(=O)c1ccc(Cl)c(C(=O)NNC(=O)c2ccc(Cl)cc2)c1. The fourth-order valence-corrected chi connectivity index (χ4v) is 4.82. The van der Waals surface area contributed by atoms with Crippen molar-refractivity contribution in [2.75, 3.05) is 18.0 Å². The number of nitrogens with one attached hydrogen (secondary N) is 2. The second-order valence-corrected chi connectivity index (χ2v) is 9.79. The van der Waals surface area contributed by atoms with Crippen LogP contribution in [0, 0.1) is 0 Å². The van der Waals surface area contributed by atoms with Gasteiger partial charge in [0.1, 0.15) is 5.75 Å². The minimum atomic E-state index is -4.10. The first-order valence-electron chi connectivity index (χ1n) is 10.1. The summed E-state index contributed by atoms with van der Waals surface area (Å²) in [6.07, 6.45) is 1.44. The second-order valence-electron chi connectivity index (χ2n) is 7.08. The minimum absolute atomic E-state index is 0.00177. The molecule has 0 aliphatic heterocycles. The molecule has 0 aliphatic carbocycles. The average Bonchev–Trinajstić information content (AvgIpc) is 2.86. The molecule has 0 aromatic heterocycles. The number of hydrogen-bond donors (Lipinski definition) is 2. The lowest BCUT2D eigenvalue weighted by Crippen LogP contribution is -2.41. The Kier molecular flexibility index (Phi) is 8.39. The zero-order chi connectivity index (χ0) is 25.6. The molecule has 3 aromatic rings. The van der Waals surface area contributed by atoms with Gasteiger partial charge in [0, 0.05) is 10.6 Å². The molecule has 0 spiro atoms. The number of carbonyl (C=O) groups excluding carboxylic acids is 2. The molecule has 8 nitrogen and oxygen atoms in total. The van der Waals surface area contributed by atoms with Crippen LogP contribution in [0.5, 0.6) is 5.75 Å². The molecule has 0 unspecified atom stereocenters. The Labute approximate surface area is 213 Å². The highest BCUT2D eigenvalue weighted by atomic mass is 35.5. The molecule has 0 saturated heterocycles. The minimum Gasteiger partial charge on any atom is -0.497 e. The maximum absolute atomic E-state index is 13.4. The van der Waals surface area contributed by atoms with Crippen molar-refractivity contribution >= 4 is 50.7 Å². The third-order valence-corrected chi connectivity index (χ3v) is 7.19. The third-order valence-electron chi connectivity index (χ3n) is 4.82. The highest BCUT2D eigenvalue weighted by Crippen LogP contribution is 2.28. The lowest BCUT2D eigenvalue weighted by atomic mass is 10.2. The van der Waals surface area contributed by atoms with Gasteiger partial charge in [0.15, 0.2) is 0 Å². The topological polar surface area (TPSA) is 105 Å². The van der Waals surface area contributed by atoms with Crippen LogP contribution in [-0.4, -0.2) is 33.9 Å². The van der Waals surface area contributed by atoms with Crippen LogP contribution in [0.15, 0.2) is 84.3 Å². The standard InChI is InChI=1S/C24H21Cl2N3O5S/c1-3-14-29(18-8-10-19(34-2)11-9-18)35(32,33)20-12-13-22(26)21(15-20)24(31)28-27-23(30)16-4-6-17(25)7-5-16/h3-13,15H,1,14H2,2H3,(H,27,30)(H,28,31). The summed E-state index contributed by atoms with van der Waals surface area (Å²) < 4.78 is 33.1. The van der Waals surface area contributed by atoms with Gasteiger partial charge in [-0.1, -0.05) is 29.3 Å². The van der Waals surface area contributed by atoms with Crippen molar-refractivity contribution in [1.82, 2.24) is 10.9 Å². The van der Waals surface area contributed by atoms with Crippen molar-refractivity contribution in [3.63, 3.8) is 0 Å². The number of carbonyl (C=O) groups is 2. The van der Waals surface area contributed by atoms with Crippen LogP contribution < -0.4 is 19.9 Å². The van der Waals surface area contributed by atoms with Gasteiger partial charge in [-0.2, -0.15) is 0 Å². The molecule has 3 aromatic carbocycles. The molecule has 35 heavy (non-hydrogen) atoms. The van der Waals surface area contributed by atoms with E-state index in [1.54, 1.807) is 24.3 Å². The predicted octanol–water partition coefficient (Wildman–Crippen LogP) is 4.46. The molecule has 2 amide bonds. The van der Waals surface area contributed by atoms with Crippen molar-refractivity contribution in [1.29, 1.82) is 0 Å². The van der Waals surface area contributed by atoms with Gasteiger partial charge in [-0.15, -0.1) is 6.58 Å². The van der Waals surface area contributed by atoms with E-state index in [1.165, 1.54) is 49.6 Å². The van der Waals surface area contributed by atoms with Gasteiger partial charge in [-0.25, -0.2) is 8.42 Å². The summed E-state index contributed by atoms with van der Waals surface area (Å²) in [7, 11) is -2.60. The van der Waals surface area contributed by atoms with E-state index in [0.717, 1.165) is 10.4 Å². The molecule has 3 rings (SSSR count). The van der Waals surface area contributed by atoms with Crippen LogP contribution in [0.4, 0.5) is 5.69 Å². The summed E-state index contributed by atoms with van der Waals surface area (Å²) in [6.45, 7) is 3.62. The van der Waals surface area contributed by atoms with E-state index in [0.29, 0.717) is 16.5 Å². The molecule has 0 bridgehead atoms. The Morgan fingerprint density at radius 2 is 1.60 bits per heavy atom. The number of halogens is 2. The predicted molar refractivity (Wildman–Crippen MR) is 136 cm³/mol. The second kappa shape index (κ2) is 11.3. The number of rotatable bonds is 8. The summed E-state index contributed by atoms with van der Waals surface area (Å²) in [5, 5.41) is 0.456. The molecular weight excluding hydrogens is 513 g/mol. The van der Waals surface area contributed by atoms with Crippen molar-refractivity contribution in [2.24, 2.45) is 0 Å². The van der Waals surface area contributed by atoms with Gasteiger partial charge in [0.05, 0.1) is 34.8 Å². The fraction of sp³-hybridized carbons (Fsp3) is 0.0833. The number of anilines is 1. The van der Waals surface area contributed by atoms with Gasteiger partial charge in [0.25, 0.3) is 21.8 Å². The first kappa shape index (κ1) is 26.1. The zero-order valence-electron chi connectivity index (χ0n) is 18.5. The highest BCUT2D eigenvalue weighted by Gasteiger charge is 2.26. The van der Waals surface area contributed by atoms with Gasteiger partial charge in [-0.05, 0) is 66.7 Å². The Morgan fingerprint density at radius 3 is 2.20 bits per heavy atom. The van der Waals surface area contributed by atoms with Gasteiger partial charge in [-0.3, -0.25) is 24.7 Å². The van der Waals surface area contributed by atoms with Crippen LogP contribution in [0.2, 0.25) is 10.0 Å². The first-order valence-corrected chi connectivity index (χ1v) is 12.3. The Balaban J connectivity index is 1.85. The summed E-state index contributed by atoms with van der Waals surface area (Å²) >= 11 is 12.0. The van der Waals surface area contributed by atoms with E-state index in [2.05, 4.69) is 17.4 Å². The molecule has 2 N–H and O–H groups in total. The van der Waals surface area contributed by atoms with Crippen LogP contribution >= 0.6 is 23.2 Å². The van der Waals surface area contributed by atoms with Gasteiger partial charge in [0.2, 0.25) is 0 Å². The number of amides is 2. The zero-order valence-corrected chi connectivity index (χ0v) is 20.8. The number of methoxy groups -OCH3 is 1. The number of hydrogen-bond acceptors (Lipinski definition) is 5. The van der Waals surface area contributed by atoms with Crippen LogP contribution in [0.25, 0.3) is 0 Å².